The van der Waals surface area contributed by atoms with Crippen LogP contribution in [0, 0.1) is 13.8 Å². The minimum atomic E-state index is -0.401. The van der Waals surface area contributed by atoms with E-state index in [4.69, 9.17) is 0 Å². The number of aryl methyl sites for hydroxylation is 2. The van der Waals surface area contributed by atoms with Crippen molar-refractivity contribution in [3.8, 4) is 0 Å². The first-order chi connectivity index (χ1) is 13.9. The highest BCUT2D eigenvalue weighted by atomic mass is 32.2. The van der Waals surface area contributed by atoms with Gasteiger partial charge in [0.2, 0.25) is 11.8 Å². The van der Waals surface area contributed by atoms with Crippen LogP contribution in [0.1, 0.15) is 34.3 Å². The Labute approximate surface area is 177 Å². The van der Waals surface area contributed by atoms with E-state index in [2.05, 4.69) is 15.8 Å². The zero-order valence-corrected chi connectivity index (χ0v) is 17.8. The highest BCUT2D eigenvalue weighted by Gasteiger charge is 2.13. The number of rotatable bonds is 7. The van der Waals surface area contributed by atoms with Crippen molar-refractivity contribution in [2.24, 2.45) is 0 Å². The van der Waals surface area contributed by atoms with Crippen molar-refractivity contribution in [1.82, 2.24) is 15.8 Å². The second-order valence-electron chi connectivity index (χ2n) is 6.57. The Morgan fingerprint density at radius 1 is 1.00 bits per heavy atom. The average Bonchev–Trinajstić information content (AvgIpc) is 3.13. The minimum Gasteiger partial charge on any atom is -0.294 e. The van der Waals surface area contributed by atoms with Crippen LogP contribution in [0.2, 0.25) is 0 Å². The summed E-state index contributed by atoms with van der Waals surface area (Å²) >= 11 is 2.84. The summed E-state index contributed by atoms with van der Waals surface area (Å²) in [5.41, 5.74) is 8.16. The molecule has 2 aromatic carbocycles. The molecular weight excluding hydrogens is 406 g/mol. The van der Waals surface area contributed by atoms with Gasteiger partial charge < -0.3 is 0 Å². The van der Waals surface area contributed by atoms with Gasteiger partial charge in [-0.15, -0.1) is 11.3 Å². The SMILES string of the molecule is Cc1ccc(C)c(C(=O)CCC(=O)NNC(=O)CSc2nc3ccccc3s2)c1. The van der Waals surface area contributed by atoms with Crippen molar-refractivity contribution in [1.29, 1.82) is 0 Å². The Kier molecular flexibility index (Phi) is 7.00. The average molecular weight is 428 g/mol. The maximum Gasteiger partial charge on any atom is 0.248 e. The number of fused-ring (bicyclic) bond motifs is 1. The lowest BCUT2D eigenvalue weighted by Gasteiger charge is -2.08. The van der Waals surface area contributed by atoms with E-state index in [1.54, 1.807) is 0 Å². The summed E-state index contributed by atoms with van der Waals surface area (Å²) in [4.78, 5) is 40.6. The van der Waals surface area contributed by atoms with E-state index in [1.165, 1.54) is 23.1 Å². The van der Waals surface area contributed by atoms with E-state index in [0.29, 0.717) is 5.56 Å². The number of Topliss-reactive ketones (excluding diaryl/α,β-unsaturated/α-hetero) is 1. The summed E-state index contributed by atoms with van der Waals surface area (Å²) in [6, 6.07) is 13.4. The van der Waals surface area contributed by atoms with Crippen LogP contribution < -0.4 is 10.9 Å². The van der Waals surface area contributed by atoms with Gasteiger partial charge in [0.1, 0.15) is 0 Å². The molecule has 0 spiro atoms. The number of nitrogens with one attached hydrogen (secondary N) is 2. The smallest absolute Gasteiger partial charge is 0.248 e. The molecule has 0 radical (unpaired) electrons. The van der Waals surface area contributed by atoms with E-state index < -0.39 is 5.91 Å². The Morgan fingerprint density at radius 2 is 1.76 bits per heavy atom. The fourth-order valence-corrected chi connectivity index (χ4v) is 4.54. The van der Waals surface area contributed by atoms with Crippen LogP contribution in [0.25, 0.3) is 10.2 Å². The van der Waals surface area contributed by atoms with Crippen molar-refractivity contribution >= 4 is 50.9 Å². The van der Waals surface area contributed by atoms with Crippen LogP contribution in [0.15, 0.2) is 46.8 Å². The number of benzene rings is 2. The summed E-state index contributed by atoms with van der Waals surface area (Å²) in [7, 11) is 0. The summed E-state index contributed by atoms with van der Waals surface area (Å²) in [5.74, 6) is -0.675. The van der Waals surface area contributed by atoms with Gasteiger partial charge in [-0.05, 0) is 37.6 Å². The number of aromatic nitrogens is 1. The van der Waals surface area contributed by atoms with Crippen molar-refractivity contribution in [3.63, 3.8) is 0 Å². The molecule has 3 aromatic rings. The molecular formula is C21H21N3O3S2. The van der Waals surface area contributed by atoms with Gasteiger partial charge in [0.05, 0.1) is 16.0 Å². The lowest BCUT2D eigenvalue weighted by Crippen LogP contribution is -2.42. The predicted molar refractivity (Wildman–Crippen MR) is 116 cm³/mol. The first-order valence-corrected chi connectivity index (χ1v) is 10.9. The molecule has 0 aliphatic rings. The van der Waals surface area contributed by atoms with Gasteiger partial charge >= 0.3 is 0 Å². The molecule has 0 bridgehead atoms. The molecule has 150 valence electrons. The number of thiazole rings is 1. The number of ketones is 1. The van der Waals surface area contributed by atoms with Crippen LogP contribution in [-0.4, -0.2) is 28.3 Å². The lowest BCUT2D eigenvalue weighted by molar-refractivity contribution is -0.127. The molecule has 3 rings (SSSR count). The van der Waals surface area contributed by atoms with Crippen LogP contribution in [0.5, 0.6) is 0 Å². The van der Waals surface area contributed by atoms with E-state index in [0.717, 1.165) is 25.7 Å². The van der Waals surface area contributed by atoms with Crippen LogP contribution >= 0.6 is 23.1 Å². The van der Waals surface area contributed by atoms with Crippen molar-refractivity contribution in [2.75, 3.05) is 5.75 Å². The van der Waals surface area contributed by atoms with Crippen LogP contribution in [-0.2, 0) is 9.59 Å². The molecule has 2 amide bonds. The number of carbonyl (C=O) groups is 3. The predicted octanol–water partition coefficient (Wildman–Crippen LogP) is 3.82. The third kappa shape index (κ3) is 5.88. The van der Waals surface area contributed by atoms with Crippen LogP contribution in [0.3, 0.4) is 0 Å². The molecule has 1 heterocycles. The van der Waals surface area contributed by atoms with Crippen molar-refractivity contribution in [2.45, 2.75) is 31.0 Å². The van der Waals surface area contributed by atoms with Crippen molar-refractivity contribution < 1.29 is 14.4 Å². The first-order valence-electron chi connectivity index (χ1n) is 9.09. The molecule has 1 aromatic heterocycles. The topological polar surface area (TPSA) is 88.2 Å². The second-order valence-corrected chi connectivity index (χ2v) is 8.83. The van der Waals surface area contributed by atoms with Gasteiger partial charge in [-0.3, -0.25) is 25.2 Å². The van der Waals surface area contributed by atoms with E-state index >= 15 is 0 Å². The molecule has 0 fully saturated rings. The van der Waals surface area contributed by atoms with Gasteiger partial charge in [-0.2, -0.15) is 0 Å². The first kappa shape index (κ1) is 21.0. The molecule has 0 saturated heterocycles. The summed E-state index contributed by atoms with van der Waals surface area (Å²) in [6.07, 6.45) is 0.101. The maximum atomic E-state index is 12.3. The van der Waals surface area contributed by atoms with E-state index in [-0.39, 0.29) is 30.3 Å². The number of hydrogen-bond donors (Lipinski definition) is 2. The Balaban J connectivity index is 1.40. The van der Waals surface area contributed by atoms with Gasteiger partial charge in [0.25, 0.3) is 0 Å². The number of carbonyl (C=O) groups excluding carboxylic acids is 3. The Morgan fingerprint density at radius 3 is 2.55 bits per heavy atom. The summed E-state index contributed by atoms with van der Waals surface area (Å²) in [5, 5.41) is 0. The highest BCUT2D eigenvalue weighted by Crippen LogP contribution is 2.28. The lowest BCUT2D eigenvalue weighted by atomic mass is 9.99. The third-order valence-electron chi connectivity index (χ3n) is 4.21. The molecule has 6 nitrogen and oxygen atoms in total. The van der Waals surface area contributed by atoms with Gasteiger partial charge in [0, 0.05) is 18.4 Å². The third-order valence-corrected chi connectivity index (χ3v) is 6.39. The molecule has 0 unspecified atom stereocenters. The standard InChI is InChI=1S/C21H21N3O3S2/c1-13-7-8-14(2)15(11-13)17(25)9-10-19(26)23-24-20(27)12-28-21-22-16-5-3-4-6-18(16)29-21/h3-8,11H,9-10,12H2,1-2H3,(H,23,26)(H,24,27). The van der Waals surface area contributed by atoms with Crippen LogP contribution in [0.4, 0.5) is 0 Å². The maximum absolute atomic E-state index is 12.3. The van der Waals surface area contributed by atoms with E-state index in [9.17, 15) is 14.4 Å². The Hall–Kier alpha value is -2.71. The highest BCUT2D eigenvalue weighted by molar-refractivity contribution is 8.01. The van der Waals surface area contributed by atoms with E-state index in [1.807, 2.05) is 56.3 Å². The number of hydrogen-bond acceptors (Lipinski definition) is 6. The summed E-state index contributed by atoms with van der Waals surface area (Å²) in [6.45, 7) is 3.79. The number of para-hydroxylation sites is 1. The quantitative estimate of drug-likeness (QED) is 0.340. The van der Waals surface area contributed by atoms with Gasteiger partial charge in [-0.25, -0.2) is 4.98 Å². The molecule has 2 N–H and O–H groups in total. The van der Waals surface area contributed by atoms with Gasteiger partial charge in [0.15, 0.2) is 10.1 Å². The largest absolute Gasteiger partial charge is 0.294 e. The molecule has 29 heavy (non-hydrogen) atoms. The molecule has 0 atom stereocenters. The fourth-order valence-electron chi connectivity index (χ4n) is 2.68. The number of nitrogens with zero attached hydrogens (tertiary/aromatic N) is 1. The zero-order valence-electron chi connectivity index (χ0n) is 16.2. The summed E-state index contributed by atoms with van der Waals surface area (Å²) < 4.78 is 1.86. The van der Waals surface area contributed by atoms with Gasteiger partial charge in [-0.1, -0.05) is 41.6 Å². The normalized spacial score (nSPS) is 10.7. The Bertz CT molecular complexity index is 1030. The zero-order chi connectivity index (χ0) is 20.8. The second kappa shape index (κ2) is 9.67. The molecule has 8 heteroatoms. The molecule has 0 saturated carbocycles. The van der Waals surface area contributed by atoms with Crippen molar-refractivity contribution in [3.05, 3.63) is 59.2 Å². The number of hydrazine groups is 1. The fraction of sp³-hybridized carbons (Fsp3) is 0.238. The monoisotopic (exact) mass is 427 g/mol. The number of thioether (sulfide) groups is 1. The minimum absolute atomic E-state index is 0.0114. The number of amides is 2. The molecule has 0 aliphatic heterocycles. The molecule has 0 aliphatic carbocycles.